The molecule has 0 aliphatic rings. The summed E-state index contributed by atoms with van der Waals surface area (Å²) in [5, 5.41) is 25.4. The fourth-order valence-electron chi connectivity index (χ4n) is 2.32. The van der Waals surface area contributed by atoms with Gasteiger partial charge < -0.3 is 37.6 Å². The lowest BCUT2D eigenvalue weighted by Gasteiger charge is -2.21. The van der Waals surface area contributed by atoms with Crippen molar-refractivity contribution in [2.24, 2.45) is 11.5 Å². The van der Waals surface area contributed by atoms with Crippen molar-refractivity contribution in [1.29, 1.82) is 0 Å². The van der Waals surface area contributed by atoms with Crippen LogP contribution >= 0.6 is 0 Å². The van der Waals surface area contributed by atoms with E-state index in [9.17, 15) is 29.1 Å². The van der Waals surface area contributed by atoms with Gasteiger partial charge in [-0.05, 0) is 24.6 Å². The molecule has 1 aromatic carbocycles. The predicted molar refractivity (Wildman–Crippen MR) is 104 cm³/mol. The SMILES string of the molecule is CC(N)C(=O)NCC(=O)NC(Cc1ccc(O)cc1)C(=O)NC(CC(N)=O)C(=O)O. The molecule has 3 unspecified atom stereocenters. The molecule has 0 saturated heterocycles. The Hall–Kier alpha value is -3.67. The van der Waals surface area contributed by atoms with E-state index in [-0.39, 0.29) is 12.2 Å². The highest BCUT2D eigenvalue weighted by Gasteiger charge is 2.28. The van der Waals surface area contributed by atoms with Crippen LogP contribution in [0.3, 0.4) is 0 Å². The second-order valence-corrected chi connectivity index (χ2v) is 6.57. The predicted octanol–water partition coefficient (Wildman–Crippen LogP) is -2.67. The summed E-state index contributed by atoms with van der Waals surface area (Å²) in [6.07, 6.45) is -0.687. The van der Waals surface area contributed by atoms with Crippen molar-refractivity contribution in [3.05, 3.63) is 29.8 Å². The van der Waals surface area contributed by atoms with Gasteiger partial charge in [-0.1, -0.05) is 12.1 Å². The Kier molecular flexibility index (Phi) is 9.23. The Morgan fingerprint density at radius 3 is 2.10 bits per heavy atom. The number of hydrogen-bond donors (Lipinski definition) is 7. The van der Waals surface area contributed by atoms with Gasteiger partial charge in [-0.15, -0.1) is 0 Å². The van der Waals surface area contributed by atoms with Crippen molar-refractivity contribution >= 4 is 29.6 Å². The molecule has 0 aromatic heterocycles. The molecular weight excluding hydrogens is 398 g/mol. The maximum atomic E-state index is 12.6. The lowest BCUT2D eigenvalue weighted by atomic mass is 10.0. The number of phenolic OH excluding ortho intramolecular Hbond substituents is 1. The summed E-state index contributed by atoms with van der Waals surface area (Å²) in [6.45, 7) is 0.975. The van der Waals surface area contributed by atoms with E-state index in [4.69, 9.17) is 16.6 Å². The molecule has 0 heterocycles. The van der Waals surface area contributed by atoms with E-state index in [2.05, 4.69) is 16.0 Å². The largest absolute Gasteiger partial charge is 0.508 e. The van der Waals surface area contributed by atoms with Crippen molar-refractivity contribution in [3.63, 3.8) is 0 Å². The summed E-state index contributed by atoms with van der Waals surface area (Å²) in [5.74, 6) is -4.57. The van der Waals surface area contributed by atoms with Gasteiger partial charge >= 0.3 is 5.97 Å². The molecule has 12 heteroatoms. The number of amides is 4. The highest BCUT2D eigenvalue weighted by molar-refractivity contribution is 5.93. The second kappa shape index (κ2) is 11.4. The summed E-state index contributed by atoms with van der Waals surface area (Å²) >= 11 is 0. The third kappa shape index (κ3) is 8.56. The smallest absolute Gasteiger partial charge is 0.326 e. The molecule has 0 fully saturated rings. The first-order chi connectivity index (χ1) is 14.0. The highest BCUT2D eigenvalue weighted by Crippen LogP contribution is 2.11. The quantitative estimate of drug-likeness (QED) is 0.199. The van der Waals surface area contributed by atoms with Crippen molar-refractivity contribution in [2.75, 3.05) is 6.54 Å². The molecule has 9 N–H and O–H groups in total. The van der Waals surface area contributed by atoms with Crippen LogP contribution in [0.25, 0.3) is 0 Å². The van der Waals surface area contributed by atoms with Gasteiger partial charge in [-0.3, -0.25) is 19.2 Å². The number of benzene rings is 1. The number of phenols is 1. The van der Waals surface area contributed by atoms with E-state index < -0.39 is 60.7 Å². The first-order valence-electron chi connectivity index (χ1n) is 8.91. The normalized spacial score (nSPS) is 13.4. The topological polar surface area (TPSA) is 214 Å². The molecule has 0 bridgehead atoms. The van der Waals surface area contributed by atoms with Gasteiger partial charge in [-0.25, -0.2) is 4.79 Å². The third-order valence-electron chi connectivity index (χ3n) is 3.88. The average Bonchev–Trinajstić information content (AvgIpc) is 2.66. The number of carboxylic acids is 1. The fraction of sp³-hybridized carbons (Fsp3) is 0.389. The van der Waals surface area contributed by atoms with Crippen LogP contribution in [-0.4, -0.2) is 64.5 Å². The third-order valence-corrected chi connectivity index (χ3v) is 3.88. The molecule has 0 saturated carbocycles. The Balaban J connectivity index is 2.92. The van der Waals surface area contributed by atoms with E-state index in [1.54, 1.807) is 0 Å². The zero-order valence-corrected chi connectivity index (χ0v) is 16.3. The second-order valence-electron chi connectivity index (χ2n) is 6.57. The van der Waals surface area contributed by atoms with Gasteiger partial charge in [0.25, 0.3) is 0 Å². The maximum absolute atomic E-state index is 12.6. The number of primary amides is 1. The van der Waals surface area contributed by atoms with Gasteiger partial charge in [0.15, 0.2) is 0 Å². The number of carbonyl (C=O) groups excluding carboxylic acids is 4. The Labute approximate surface area is 172 Å². The lowest BCUT2D eigenvalue weighted by Crippen LogP contribution is -2.54. The Morgan fingerprint density at radius 1 is 1.00 bits per heavy atom. The molecule has 4 amide bonds. The highest BCUT2D eigenvalue weighted by atomic mass is 16.4. The van der Waals surface area contributed by atoms with Crippen molar-refractivity contribution < 1.29 is 34.2 Å². The molecule has 0 spiro atoms. The van der Waals surface area contributed by atoms with Crippen LogP contribution in [0, 0.1) is 0 Å². The summed E-state index contributed by atoms with van der Waals surface area (Å²) in [4.78, 5) is 58.5. The summed E-state index contributed by atoms with van der Waals surface area (Å²) in [6, 6.07) is 2.13. The standard InChI is InChI=1S/C18H25N5O7/c1-9(19)16(27)21-8-15(26)22-12(6-10-2-4-11(24)5-3-10)17(28)23-13(18(29)30)7-14(20)25/h2-5,9,12-13,24H,6-8,19H2,1H3,(H2,20,25)(H,21,27)(H,22,26)(H,23,28)(H,29,30). The number of hydrogen-bond acceptors (Lipinski definition) is 7. The van der Waals surface area contributed by atoms with E-state index in [1.165, 1.54) is 31.2 Å². The molecule has 1 rings (SSSR count). The van der Waals surface area contributed by atoms with Crippen molar-refractivity contribution in [2.45, 2.75) is 37.9 Å². The molecule has 3 atom stereocenters. The first kappa shape index (κ1) is 24.4. The van der Waals surface area contributed by atoms with E-state index >= 15 is 0 Å². The van der Waals surface area contributed by atoms with Crippen LogP contribution in [0.2, 0.25) is 0 Å². The number of aliphatic carboxylic acids is 1. The van der Waals surface area contributed by atoms with E-state index in [0.717, 1.165) is 0 Å². The molecule has 164 valence electrons. The fourth-order valence-corrected chi connectivity index (χ4v) is 2.32. The summed E-state index contributed by atoms with van der Waals surface area (Å²) in [5.41, 5.74) is 10.9. The molecule has 1 aromatic rings. The summed E-state index contributed by atoms with van der Waals surface area (Å²) < 4.78 is 0. The van der Waals surface area contributed by atoms with Crippen LogP contribution < -0.4 is 27.4 Å². The number of nitrogens with two attached hydrogens (primary N) is 2. The van der Waals surface area contributed by atoms with Crippen LogP contribution in [-0.2, 0) is 30.4 Å². The van der Waals surface area contributed by atoms with E-state index in [0.29, 0.717) is 5.56 Å². The van der Waals surface area contributed by atoms with Crippen molar-refractivity contribution in [1.82, 2.24) is 16.0 Å². The van der Waals surface area contributed by atoms with Gasteiger partial charge in [0.2, 0.25) is 23.6 Å². The molecule has 12 nitrogen and oxygen atoms in total. The number of carboxylic acid groups (broad SMARTS) is 1. The van der Waals surface area contributed by atoms with Gasteiger partial charge in [0.1, 0.15) is 17.8 Å². The zero-order chi connectivity index (χ0) is 22.8. The van der Waals surface area contributed by atoms with Crippen molar-refractivity contribution in [3.8, 4) is 5.75 Å². The van der Waals surface area contributed by atoms with E-state index in [1.807, 2.05) is 0 Å². The minimum Gasteiger partial charge on any atom is -0.508 e. The lowest BCUT2D eigenvalue weighted by molar-refractivity contribution is -0.143. The van der Waals surface area contributed by atoms with Gasteiger partial charge in [0.05, 0.1) is 19.0 Å². The minimum absolute atomic E-state index is 0.00481. The Bertz CT molecular complexity index is 795. The van der Waals surface area contributed by atoms with Crippen LogP contribution in [0.5, 0.6) is 5.75 Å². The molecular formula is C18H25N5O7. The maximum Gasteiger partial charge on any atom is 0.326 e. The minimum atomic E-state index is -1.58. The molecule has 0 radical (unpaired) electrons. The number of carbonyl (C=O) groups is 5. The van der Waals surface area contributed by atoms with Gasteiger partial charge in [-0.2, -0.15) is 0 Å². The Morgan fingerprint density at radius 2 is 1.60 bits per heavy atom. The zero-order valence-electron chi connectivity index (χ0n) is 16.3. The number of rotatable bonds is 11. The van der Waals surface area contributed by atoms with Crippen LogP contribution in [0.15, 0.2) is 24.3 Å². The number of nitrogens with one attached hydrogen (secondary N) is 3. The number of aromatic hydroxyl groups is 1. The van der Waals surface area contributed by atoms with Gasteiger partial charge in [0, 0.05) is 6.42 Å². The summed E-state index contributed by atoms with van der Waals surface area (Å²) in [7, 11) is 0. The average molecular weight is 423 g/mol. The molecule has 30 heavy (non-hydrogen) atoms. The van der Waals surface area contributed by atoms with Crippen LogP contribution in [0.1, 0.15) is 18.9 Å². The van der Waals surface area contributed by atoms with Crippen LogP contribution in [0.4, 0.5) is 0 Å². The first-order valence-corrected chi connectivity index (χ1v) is 8.91. The monoisotopic (exact) mass is 423 g/mol. The molecule has 0 aliphatic heterocycles. The molecule has 0 aliphatic carbocycles.